The van der Waals surface area contributed by atoms with Gasteiger partial charge in [-0.3, -0.25) is 0 Å². The Morgan fingerprint density at radius 1 is 1.17 bits per heavy atom. The predicted molar refractivity (Wildman–Crippen MR) is 113 cm³/mol. The van der Waals surface area contributed by atoms with Crippen molar-refractivity contribution < 1.29 is 9.53 Å². The van der Waals surface area contributed by atoms with Gasteiger partial charge in [0, 0.05) is 37.1 Å². The third-order valence-electron chi connectivity index (χ3n) is 4.83. The van der Waals surface area contributed by atoms with Crippen molar-refractivity contribution in [3.05, 3.63) is 42.6 Å². The third kappa shape index (κ3) is 4.17. The number of rotatable bonds is 4. The SMILES string of the molecule is CCNC(=O)Nc1ccc(-c2nc(N3CC(C)OC(C)C3)c3cccn3n2)cc1. The fraction of sp³-hybridized carbons (Fsp3) is 0.381. The number of carbonyl (C=O) groups excluding carboxylic acids is 1. The van der Waals surface area contributed by atoms with Crippen LogP contribution < -0.4 is 15.5 Å². The molecule has 0 aliphatic carbocycles. The minimum Gasteiger partial charge on any atom is -0.372 e. The van der Waals surface area contributed by atoms with Gasteiger partial charge in [0.05, 0.1) is 12.2 Å². The van der Waals surface area contributed by atoms with E-state index in [2.05, 4.69) is 34.5 Å². The number of amides is 2. The van der Waals surface area contributed by atoms with Crippen molar-refractivity contribution >= 4 is 23.1 Å². The molecule has 2 unspecified atom stereocenters. The van der Waals surface area contributed by atoms with E-state index in [-0.39, 0.29) is 18.2 Å². The van der Waals surface area contributed by atoms with Crippen molar-refractivity contribution in [3.63, 3.8) is 0 Å². The smallest absolute Gasteiger partial charge is 0.319 e. The Bertz CT molecular complexity index is 990. The van der Waals surface area contributed by atoms with E-state index in [4.69, 9.17) is 9.72 Å². The number of benzene rings is 1. The summed E-state index contributed by atoms with van der Waals surface area (Å²) < 4.78 is 7.74. The highest BCUT2D eigenvalue weighted by molar-refractivity contribution is 5.89. The number of ether oxygens (including phenoxy) is 1. The molecule has 2 aromatic heterocycles. The van der Waals surface area contributed by atoms with Gasteiger partial charge in [-0.25, -0.2) is 14.3 Å². The zero-order chi connectivity index (χ0) is 20.4. The number of hydrogen-bond donors (Lipinski definition) is 2. The topological polar surface area (TPSA) is 83.8 Å². The van der Waals surface area contributed by atoms with Gasteiger partial charge in [-0.15, -0.1) is 5.10 Å². The van der Waals surface area contributed by atoms with Gasteiger partial charge < -0.3 is 20.3 Å². The summed E-state index contributed by atoms with van der Waals surface area (Å²) in [6, 6.07) is 11.3. The monoisotopic (exact) mass is 394 g/mol. The summed E-state index contributed by atoms with van der Waals surface area (Å²) >= 11 is 0. The number of aromatic nitrogens is 3. The lowest BCUT2D eigenvalue weighted by atomic mass is 10.2. The van der Waals surface area contributed by atoms with E-state index < -0.39 is 0 Å². The minimum absolute atomic E-state index is 0.145. The van der Waals surface area contributed by atoms with Gasteiger partial charge >= 0.3 is 6.03 Å². The summed E-state index contributed by atoms with van der Waals surface area (Å²) in [5.74, 6) is 1.55. The standard InChI is InChI=1S/C21H26N6O2/c1-4-22-21(28)23-17-9-7-16(8-10-17)19-24-20(18-6-5-11-27(18)25-19)26-12-14(2)29-15(3)13-26/h5-11,14-15H,4,12-13H2,1-3H3,(H2,22,23,28). The van der Waals surface area contributed by atoms with E-state index in [0.29, 0.717) is 12.4 Å². The number of carbonyl (C=O) groups is 1. The molecule has 8 nitrogen and oxygen atoms in total. The quantitative estimate of drug-likeness (QED) is 0.710. The molecule has 0 bridgehead atoms. The van der Waals surface area contributed by atoms with E-state index in [1.54, 1.807) is 0 Å². The molecule has 8 heteroatoms. The lowest BCUT2D eigenvalue weighted by Gasteiger charge is -2.36. The van der Waals surface area contributed by atoms with Gasteiger partial charge in [0.1, 0.15) is 5.52 Å². The summed E-state index contributed by atoms with van der Waals surface area (Å²) in [5.41, 5.74) is 2.58. The molecule has 0 spiro atoms. The molecule has 152 valence electrons. The predicted octanol–water partition coefficient (Wildman–Crippen LogP) is 3.15. The second kappa shape index (κ2) is 8.08. The van der Waals surface area contributed by atoms with Crippen LogP contribution in [-0.4, -0.2) is 52.5 Å². The lowest BCUT2D eigenvalue weighted by molar-refractivity contribution is -0.00539. The van der Waals surface area contributed by atoms with Crippen LogP contribution in [0.4, 0.5) is 16.3 Å². The average molecular weight is 394 g/mol. The van der Waals surface area contributed by atoms with Crippen molar-refractivity contribution in [2.75, 3.05) is 29.9 Å². The Morgan fingerprint density at radius 2 is 1.90 bits per heavy atom. The zero-order valence-electron chi connectivity index (χ0n) is 16.9. The van der Waals surface area contributed by atoms with Crippen LogP contribution in [0, 0.1) is 0 Å². The van der Waals surface area contributed by atoms with Crippen molar-refractivity contribution in [1.82, 2.24) is 19.9 Å². The highest BCUT2D eigenvalue weighted by atomic mass is 16.5. The first kappa shape index (κ1) is 19.2. The first-order chi connectivity index (χ1) is 14.0. The van der Waals surface area contributed by atoms with Crippen molar-refractivity contribution in [2.45, 2.75) is 33.0 Å². The Morgan fingerprint density at radius 3 is 2.59 bits per heavy atom. The largest absolute Gasteiger partial charge is 0.372 e. The summed E-state index contributed by atoms with van der Waals surface area (Å²) in [7, 11) is 0. The molecular formula is C21H26N6O2. The van der Waals surface area contributed by atoms with Gasteiger partial charge in [0.2, 0.25) is 0 Å². The van der Waals surface area contributed by atoms with E-state index in [0.717, 1.165) is 35.7 Å². The van der Waals surface area contributed by atoms with Crippen LogP contribution in [-0.2, 0) is 4.74 Å². The molecule has 1 saturated heterocycles. The first-order valence-electron chi connectivity index (χ1n) is 9.94. The molecule has 2 atom stereocenters. The van der Waals surface area contributed by atoms with Crippen LogP contribution in [0.5, 0.6) is 0 Å². The van der Waals surface area contributed by atoms with Crippen LogP contribution in [0.15, 0.2) is 42.6 Å². The maximum atomic E-state index is 11.7. The Kier molecular flexibility index (Phi) is 5.35. The minimum atomic E-state index is -0.219. The van der Waals surface area contributed by atoms with Crippen LogP contribution in [0.3, 0.4) is 0 Å². The number of nitrogens with zero attached hydrogens (tertiary/aromatic N) is 4. The lowest BCUT2D eigenvalue weighted by Crippen LogP contribution is -2.46. The third-order valence-corrected chi connectivity index (χ3v) is 4.83. The fourth-order valence-electron chi connectivity index (χ4n) is 3.66. The maximum absolute atomic E-state index is 11.7. The Balaban J connectivity index is 1.65. The van der Waals surface area contributed by atoms with Crippen LogP contribution >= 0.6 is 0 Å². The highest BCUT2D eigenvalue weighted by Gasteiger charge is 2.25. The summed E-state index contributed by atoms with van der Waals surface area (Å²) in [4.78, 5) is 18.9. The Labute approximate surface area is 169 Å². The van der Waals surface area contributed by atoms with Gasteiger partial charge in [0.15, 0.2) is 11.6 Å². The molecule has 0 saturated carbocycles. The van der Waals surface area contributed by atoms with Gasteiger partial charge in [-0.2, -0.15) is 0 Å². The van der Waals surface area contributed by atoms with E-state index in [9.17, 15) is 4.79 Å². The molecule has 4 rings (SSSR count). The summed E-state index contributed by atoms with van der Waals surface area (Å²) in [6.45, 7) is 8.20. The maximum Gasteiger partial charge on any atom is 0.319 e. The number of fused-ring (bicyclic) bond motifs is 1. The van der Waals surface area contributed by atoms with E-state index >= 15 is 0 Å². The normalized spacial score (nSPS) is 19.3. The number of nitrogens with one attached hydrogen (secondary N) is 2. The van der Waals surface area contributed by atoms with Crippen LogP contribution in [0.25, 0.3) is 16.9 Å². The molecule has 29 heavy (non-hydrogen) atoms. The molecule has 3 heterocycles. The number of anilines is 2. The Hall–Kier alpha value is -3.13. The summed E-state index contributed by atoms with van der Waals surface area (Å²) in [5, 5.41) is 10.2. The molecule has 1 fully saturated rings. The molecule has 0 radical (unpaired) electrons. The molecule has 1 aliphatic rings. The van der Waals surface area contributed by atoms with Gasteiger partial charge in [-0.1, -0.05) is 0 Å². The molecule has 3 aromatic rings. The average Bonchev–Trinajstić information content (AvgIpc) is 3.16. The van der Waals surface area contributed by atoms with Gasteiger partial charge in [-0.05, 0) is 57.2 Å². The second-order valence-corrected chi connectivity index (χ2v) is 7.32. The van der Waals surface area contributed by atoms with Crippen LogP contribution in [0.2, 0.25) is 0 Å². The van der Waals surface area contributed by atoms with Crippen molar-refractivity contribution in [2.24, 2.45) is 0 Å². The molecule has 1 aromatic carbocycles. The van der Waals surface area contributed by atoms with Crippen molar-refractivity contribution in [1.29, 1.82) is 0 Å². The number of morpholine rings is 1. The molecule has 2 N–H and O–H groups in total. The molecule has 2 amide bonds. The second-order valence-electron chi connectivity index (χ2n) is 7.32. The van der Waals surface area contributed by atoms with Crippen LogP contribution in [0.1, 0.15) is 20.8 Å². The molecule has 1 aliphatic heterocycles. The first-order valence-corrected chi connectivity index (χ1v) is 9.94. The zero-order valence-corrected chi connectivity index (χ0v) is 16.9. The van der Waals surface area contributed by atoms with Crippen molar-refractivity contribution in [3.8, 4) is 11.4 Å². The summed E-state index contributed by atoms with van der Waals surface area (Å²) in [6.07, 6.45) is 2.22. The van der Waals surface area contributed by atoms with E-state index in [1.165, 1.54) is 0 Å². The highest BCUT2D eigenvalue weighted by Crippen LogP contribution is 2.27. The number of urea groups is 1. The van der Waals surface area contributed by atoms with Gasteiger partial charge in [0.25, 0.3) is 0 Å². The number of hydrogen-bond acceptors (Lipinski definition) is 5. The van der Waals surface area contributed by atoms with E-state index in [1.807, 2.05) is 54.0 Å². The fourth-order valence-corrected chi connectivity index (χ4v) is 3.66. The molecular weight excluding hydrogens is 368 g/mol.